The van der Waals surface area contributed by atoms with Crippen LogP contribution >= 0.6 is 0 Å². The van der Waals surface area contributed by atoms with Gasteiger partial charge in [0.25, 0.3) is 5.56 Å². The number of likely N-dealkylation sites (tertiary alicyclic amines) is 1. The van der Waals surface area contributed by atoms with Crippen molar-refractivity contribution in [3.63, 3.8) is 0 Å². The number of carbonyl (C=O) groups is 1. The normalized spacial score (nSPS) is 15.3. The second kappa shape index (κ2) is 11.9. The van der Waals surface area contributed by atoms with Crippen molar-refractivity contribution in [1.82, 2.24) is 24.3 Å². The fourth-order valence-corrected chi connectivity index (χ4v) is 5.55. The summed E-state index contributed by atoms with van der Waals surface area (Å²) in [5.41, 5.74) is -0.844. The number of nitrogens with zero attached hydrogens (tertiary/aromatic N) is 6. The van der Waals surface area contributed by atoms with Crippen LogP contribution in [0.1, 0.15) is 48.3 Å². The van der Waals surface area contributed by atoms with E-state index in [1.807, 2.05) is 13.1 Å². The second-order valence-corrected chi connectivity index (χ2v) is 10.6. The van der Waals surface area contributed by atoms with Crippen molar-refractivity contribution in [2.75, 3.05) is 20.1 Å². The lowest BCUT2D eigenvalue weighted by atomic mass is 9.99. The third-order valence-electron chi connectivity index (χ3n) is 7.78. The smallest absolute Gasteiger partial charge is 0.329 e. The van der Waals surface area contributed by atoms with E-state index in [1.165, 1.54) is 16.8 Å². The van der Waals surface area contributed by atoms with Crippen LogP contribution < -0.4 is 5.56 Å². The Balaban J connectivity index is 1.62. The minimum atomic E-state index is -4.91. The molecule has 2 aromatic carbocycles. The van der Waals surface area contributed by atoms with E-state index in [9.17, 15) is 32.4 Å². The number of hydrogen-bond acceptors (Lipinski definition) is 6. The summed E-state index contributed by atoms with van der Waals surface area (Å²) in [6.45, 7) is 3.09. The number of piperidine rings is 1. The van der Waals surface area contributed by atoms with Crippen molar-refractivity contribution in [3.8, 4) is 11.8 Å². The highest BCUT2D eigenvalue weighted by atomic mass is 19.4. The van der Waals surface area contributed by atoms with E-state index < -0.39 is 41.5 Å². The molecular formula is C31H28F4N6O2. The zero-order valence-corrected chi connectivity index (χ0v) is 23.5. The van der Waals surface area contributed by atoms with Crippen LogP contribution in [0.5, 0.6) is 0 Å². The standard InChI is InChI=1S/C31H28F4N6O2/c1-19(29-38-28-24(4-3-13-37-28)30(43)41(29)22-8-5-20(18-36)6-9-22)40(23-11-14-39(2)15-12-23)27(42)17-21-7-10-26(32)25(16-21)31(33,34)35/h3-10,13,16,19,23H,11-12,14-15,17H2,1-2H3/t19-/m1/s1. The first-order chi connectivity index (χ1) is 20.5. The minimum Gasteiger partial charge on any atom is -0.329 e. The molecule has 0 radical (unpaired) electrons. The summed E-state index contributed by atoms with van der Waals surface area (Å²) >= 11 is 0. The molecule has 1 aliphatic rings. The van der Waals surface area contributed by atoms with Crippen molar-refractivity contribution in [2.45, 2.75) is 44.4 Å². The van der Waals surface area contributed by atoms with Gasteiger partial charge in [-0.05, 0) is 94.0 Å². The number of aromatic nitrogens is 3. The molecule has 43 heavy (non-hydrogen) atoms. The number of fused-ring (bicyclic) bond motifs is 1. The van der Waals surface area contributed by atoms with Crippen LogP contribution in [-0.2, 0) is 17.4 Å². The van der Waals surface area contributed by atoms with Crippen molar-refractivity contribution in [2.24, 2.45) is 0 Å². The zero-order valence-electron chi connectivity index (χ0n) is 23.5. The molecule has 3 heterocycles. The van der Waals surface area contributed by atoms with E-state index in [1.54, 1.807) is 48.2 Å². The van der Waals surface area contributed by atoms with E-state index >= 15 is 0 Å². The number of amides is 1. The number of hydrogen-bond donors (Lipinski definition) is 0. The first-order valence-corrected chi connectivity index (χ1v) is 13.7. The van der Waals surface area contributed by atoms with Crippen LogP contribution in [0, 0.1) is 17.1 Å². The molecule has 0 aliphatic carbocycles. The van der Waals surface area contributed by atoms with Gasteiger partial charge >= 0.3 is 6.18 Å². The lowest BCUT2D eigenvalue weighted by Crippen LogP contribution is -2.49. The molecule has 0 spiro atoms. The molecule has 1 saturated heterocycles. The average Bonchev–Trinajstić information content (AvgIpc) is 2.98. The third-order valence-corrected chi connectivity index (χ3v) is 7.78. The first-order valence-electron chi connectivity index (χ1n) is 13.7. The number of benzene rings is 2. The third kappa shape index (κ3) is 6.12. The van der Waals surface area contributed by atoms with E-state index in [-0.39, 0.29) is 28.5 Å². The fourth-order valence-electron chi connectivity index (χ4n) is 5.55. The fraction of sp³-hybridized carbons (Fsp3) is 0.323. The molecule has 222 valence electrons. The highest BCUT2D eigenvalue weighted by Gasteiger charge is 2.36. The number of rotatable bonds is 6. The quantitative estimate of drug-likeness (QED) is 0.292. The van der Waals surface area contributed by atoms with Gasteiger partial charge in [-0.15, -0.1) is 0 Å². The Morgan fingerprint density at radius 1 is 1.14 bits per heavy atom. The van der Waals surface area contributed by atoms with Crippen LogP contribution in [0.3, 0.4) is 0 Å². The molecule has 1 amide bonds. The van der Waals surface area contributed by atoms with Crippen molar-refractivity contribution in [1.29, 1.82) is 5.26 Å². The molecule has 2 aromatic heterocycles. The van der Waals surface area contributed by atoms with E-state index in [0.717, 1.165) is 0 Å². The highest BCUT2D eigenvalue weighted by molar-refractivity contribution is 5.80. The molecular weight excluding hydrogens is 564 g/mol. The van der Waals surface area contributed by atoms with Crippen LogP contribution in [0.25, 0.3) is 16.7 Å². The maximum Gasteiger partial charge on any atom is 0.419 e. The molecule has 4 aromatic rings. The SMILES string of the molecule is C[C@H](c1nc2ncccc2c(=O)n1-c1ccc(C#N)cc1)N(C(=O)Cc1ccc(F)c(C(F)(F)F)c1)C1CCN(C)CC1. The van der Waals surface area contributed by atoms with Crippen LogP contribution in [0.15, 0.2) is 65.6 Å². The predicted octanol–water partition coefficient (Wildman–Crippen LogP) is 5.04. The Hall–Kier alpha value is -4.63. The number of carbonyl (C=O) groups excluding carboxylic acids is 1. The number of nitriles is 1. The summed E-state index contributed by atoms with van der Waals surface area (Å²) in [5.74, 6) is -1.68. The summed E-state index contributed by atoms with van der Waals surface area (Å²) in [6.07, 6.45) is -2.63. The summed E-state index contributed by atoms with van der Waals surface area (Å²) < 4.78 is 55.6. The van der Waals surface area contributed by atoms with Crippen LogP contribution in [-0.4, -0.2) is 56.4 Å². The molecule has 5 rings (SSSR count). The maximum absolute atomic E-state index is 14.0. The van der Waals surface area contributed by atoms with Gasteiger partial charge in [0.05, 0.1) is 40.7 Å². The van der Waals surface area contributed by atoms with Gasteiger partial charge in [0, 0.05) is 12.2 Å². The van der Waals surface area contributed by atoms with Crippen molar-refractivity contribution in [3.05, 3.63) is 99.5 Å². The van der Waals surface area contributed by atoms with Crippen molar-refractivity contribution < 1.29 is 22.4 Å². The van der Waals surface area contributed by atoms with E-state index in [2.05, 4.69) is 9.88 Å². The summed E-state index contributed by atoms with van der Waals surface area (Å²) in [7, 11) is 1.96. The molecule has 0 unspecified atom stereocenters. The Labute approximate surface area is 244 Å². The molecule has 0 saturated carbocycles. The molecule has 12 heteroatoms. The Kier molecular flexibility index (Phi) is 8.28. The molecule has 1 atom stereocenters. The van der Waals surface area contributed by atoms with Gasteiger partial charge in [0.15, 0.2) is 5.65 Å². The summed E-state index contributed by atoms with van der Waals surface area (Å²) in [6, 6.07) is 13.0. The summed E-state index contributed by atoms with van der Waals surface area (Å²) in [4.78, 5) is 40.5. The Morgan fingerprint density at radius 2 is 1.84 bits per heavy atom. The van der Waals surface area contributed by atoms with Crippen molar-refractivity contribution >= 4 is 16.9 Å². The topological polar surface area (TPSA) is 95.1 Å². The van der Waals surface area contributed by atoms with Gasteiger partial charge in [0.1, 0.15) is 11.6 Å². The molecule has 1 fully saturated rings. The molecule has 1 aliphatic heterocycles. The van der Waals surface area contributed by atoms with Crippen LogP contribution in [0.4, 0.5) is 17.6 Å². The average molecular weight is 593 g/mol. The molecule has 0 N–H and O–H groups in total. The van der Waals surface area contributed by atoms with Gasteiger partial charge in [-0.1, -0.05) is 6.07 Å². The highest BCUT2D eigenvalue weighted by Crippen LogP contribution is 2.33. The van der Waals surface area contributed by atoms with E-state index in [4.69, 9.17) is 4.98 Å². The van der Waals surface area contributed by atoms with E-state index in [0.29, 0.717) is 49.3 Å². The largest absolute Gasteiger partial charge is 0.419 e. The maximum atomic E-state index is 14.0. The van der Waals surface area contributed by atoms with Gasteiger partial charge in [-0.3, -0.25) is 14.2 Å². The van der Waals surface area contributed by atoms with Crippen LogP contribution in [0.2, 0.25) is 0 Å². The monoisotopic (exact) mass is 592 g/mol. The second-order valence-electron chi connectivity index (χ2n) is 10.6. The van der Waals surface area contributed by atoms with Gasteiger partial charge in [-0.25, -0.2) is 14.4 Å². The minimum absolute atomic E-state index is 0.0153. The number of halogens is 4. The predicted molar refractivity (Wildman–Crippen MR) is 151 cm³/mol. The zero-order chi connectivity index (χ0) is 30.9. The van der Waals surface area contributed by atoms with Gasteiger partial charge in [0.2, 0.25) is 5.91 Å². The van der Waals surface area contributed by atoms with Gasteiger partial charge < -0.3 is 9.80 Å². The number of pyridine rings is 1. The molecule has 8 nitrogen and oxygen atoms in total. The molecule has 0 bridgehead atoms. The number of alkyl halides is 3. The van der Waals surface area contributed by atoms with Gasteiger partial charge in [-0.2, -0.15) is 18.4 Å². The lowest BCUT2D eigenvalue weighted by Gasteiger charge is -2.41. The first kappa shape index (κ1) is 29.8. The summed E-state index contributed by atoms with van der Waals surface area (Å²) in [5, 5.41) is 9.52. The Bertz CT molecular complexity index is 1760. The lowest BCUT2D eigenvalue weighted by molar-refractivity contribution is -0.140. The Morgan fingerprint density at radius 3 is 2.49 bits per heavy atom.